The van der Waals surface area contributed by atoms with Crippen LogP contribution >= 0.6 is 0 Å². The Hall–Kier alpha value is -1.25. The van der Waals surface area contributed by atoms with Crippen molar-refractivity contribution < 1.29 is 9.90 Å². The van der Waals surface area contributed by atoms with Gasteiger partial charge in [-0.3, -0.25) is 4.90 Å². The van der Waals surface area contributed by atoms with Crippen molar-refractivity contribution in [2.24, 2.45) is 5.41 Å². The molecule has 0 saturated carbocycles. The van der Waals surface area contributed by atoms with Crippen LogP contribution in [0.2, 0.25) is 0 Å². The van der Waals surface area contributed by atoms with E-state index >= 15 is 0 Å². The van der Waals surface area contributed by atoms with Gasteiger partial charge in [0.2, 0.25) is 0 Å². The molecule has 1 amide bonds. The van der Waals surface area contributed by atoms with Gasteiger partial charge in [0, 0.05) is 6.20 Å². The number of hydrogen-bond donors (Lipinski definition) is 1. The lowest BCUT2D eigenvalue weighted by atomic mass is 9.84. The first kappa shape index (κ1) is 10.8. The Morgan fingerprint density at radius 3 is 2.50 bits per heavy atom. The largest absolute Gasteiger partial charge is 0.465 e. The summed E-state index contributed by atoms with van der Waals surface area (Å²) in [6.45, 7) is 8.10. The Balaban J connectivity index is 2.99. The van der Waals surface area contributed by atoms with Crippen LogP contribution in [-0.2, 0) is 0 Å². The number of carbonyl (C=O) groups is 1. The summed E-state index contributed by atoms with van der Waals surface area (Å²) in [5.41, 5.74) is 1.03. The quantitative estimate of drug-likeness (QED) is 0.645. The topological polar surface area (TPSA) is 40.5 Å². The second kappa shape index (κ2) is 3.48. The average molecular weight is 195 g/mol. The van der Waals surface area contributed by atoms with E-state index in [9.17, 15) is 4.79 Å². The zero-order valence-electron chi connectivity index (χ0n) is 9.11. The van der Waals surface area contributed by atoms with Crippen molar-refractivity contribution in [3.05, 3.63) is 23.9 Å². The van der Waals surface area contributed by atoms with Gasteiger partial charge < -0.3 is 5.11 Å². The predicted octanol–water partition coefficient (Wildman–Crippen LogP) is 2.85. The summed E-state index contributed by atoms with van der Waals surface area (Å²) in [5, 5.41) is 9.00. The van der Waals surface area contributed by atoms with Crippen molar-refractivity contribution in [1.82, 2.24) is 4.90 Å². The highest BCUT2D eigenvalue weighted by molar-refractivity contribution is 5.68. The smallest absolute Gasteiger partial charge is 0.411 e. The van der Waals surface area contributed by atoms with Gasteiger partial charge in [0.25, 0.3) is 0 Å². The van der Waals surface area contributed by atoms with E-state index < -0.39 is 6.09 Å². The van der Waals surface area contributed by atoms with Gasteiger partial charge >= 0.3 is 6.09 Å². The number of hydrogen-bond acceptors (Lipinski definition) is 1. The molecule has 0 aromatic carbocycles. The first-order chi connectivity index (χ1) is 6.32. The van der Waals surface area contributed by atoms with Crippen molar-refractivity contribution in [3.8, 4) is 0 Å². The summed E-state index contributed by atoms with van der Waals surface area (Å²) < 4.78 is 0. The fourth-order valence-corrected chi connectivity index (χ4v) is 1.53. The molecule has 78 valence electrons. The highest BCUT2D eigenvalue weighted by atomic mass is 16.4. The van der Waals surface area contributed by atoms with Gasteiger partial charge in [0.1, 0.15) is 0 Å². The summed E-state index contributed by atoms with van der Waals surface area (Å²) in [5.74, 6) is 0. The Kier molecular flexibility index (Phi) is 2.69. The Morgan fingerprint density at radius 1 is 1.50 bits per heavy atom. The van der Waals surface area contributed by atoms with Crippen LogP contribution in [0, 0.1) is 5.41 Å². The van der Waals surface area contributed by atoms with Gasteiger partial charge in [-0.1, -0.05) is 32.4 Å². The second-order valence-electron chi connectivity index (χ2n) is 4.73. The van der Waals surface area contributed by atoms with Gasteiger partial charge in [-0.15, -0.1) is 0 Å². The molecule has 3 heteroatoms. The zero-order chi connectivity index (χ0) is 10.9. The third kappa shape index (κ3) is 2.16. The molecule has 1 N–H and O–H groups in total. The average Bonchev–Trinajstić information content (AvgIpc) is 2.01. The van der Waals surface area contributed by atoms with Gasteiger partial charge in [0.05, 0.1) is 6.04 Å². The third-order valence-electron chi connectivity index (χ3n) is 2.33. The standard InChI is InChI=1S/C11H17NO2/c1-8-5-6-12(10(13)14)9(7-8)11(2,3)4/h5-7,9H,1-4H3,(H,13,14). The molecule has 0 aliphatic carbocycles. The van der Waals surface area contributed by atoms with E-state index in [0.29, 0.717) is 0 Å². The molecule has 0 radical (unpaired) electrons. The molecule has 3 nitrogen and oxygen atoms in total. The van der Waals surface area contributed by atoms with Crippen molar-refractivity contribution in [3.63, 3.8) is 0 Å². The van der Waals surface area contributed by atoms with E-state index in [-0.39, 0.29) is 11.5 Å². The fraction of sp³-hybridized carbons (Fsp3) is 0.545. The van der Waals surface area contributed by atoms with E-state index in [2.05, 4.69) is 0 Å². The van der Waals surface area contributed by atoms with Crippen LogP contribution in [0.1, 0.15) is 27.7 Å². The summed E-state index contributed by atoms with van der Waals surface area (Å²) in [6.07, 6.45) is 4.54. The normalized spacial score (nSPS) is 22.1. The number of nitrogens with zero attached hydrogens (tertiary/aromatic N) is 1. The number of allylic oxidation sites excluding steroid dienone is 2. The van der Waals surface area contributed by atoms with E-state index in [4.69, 9.17) is 5.11 Å². The third-order valence-corrected chi connectivity index (χ3v) is 2.33. The van der Waals surface area contributed by atoms with Crippen LogP contribution in [0.15, 0.2) is 23.9 Å². The molecule has 1 aliphatic rings. The Bertz CT molecular complexity index is 297. The fourth-order valence-electron chi connectivity index (χ4n) is 1.53. The molecular formula is C11H17NO2. The minimum Gasteiger partial charge on any atom is -0.465 e. The molecule has 1 atom stereocenters. The molecule has 0 saturated heterocycles. The minimum absolute atomic E-state index is 0.0787. The van der Waals surface area contributed by atoms with Gasteiger partial charge in [-0.2, -0.15) is 0 Å². The molecule has 0 aromatic heterocycles. The molecule has 1 rings (SSSR count). The van der Waals surface area contributed by atoms with Gasteiger partial charge in [-0.25, -0.2) is 4.79 Å². The van der Waals surface area contributed by atoms with E-state index in [1.165, 1.54) is 4.90 Å². The molecule has 0 bridgehead atoms. The highest BCUT2D eigenvalue weighted by Gasteiger charge is 2.31. The lowest BCUT2D eigenvalue weighted by Gasteiger charge is -2.36. The maximum atomic E-state index is 11.0. The highest BCUT2D eigenvalue weighted by Crippen LogP contribution is 2.29. The summed E-state index contributed by atoms with van der Waals surface area (Å²) in [7, 11) is 0. The first-order valence-corrected chi connectivity index (χ1v) is 4.70. The summed E-state index contributed by atoms with van der Waals surface area (Å²) >= 11 is 0. The molecular weight excluding hydrogens is 178 g/mol. The van der Waals surface area contributed by atoms with Crippen LogP contribution < -0.4 is 0 Å². The molecule has 1 heterocycles. The first-order valence-electron chi connectivity index (χ1n) is 4.70. The number of rotatable bonds is 0. The number of amides is 1. The molecule has 0 fully saturated rings. The van der Waals surface area contributed by atoms with Crippen molar-refractivity contribution in [2.45, 2.75) is 33.7 Å². The second-order valence-corrected chi connectivity index (χ2v) is 4.73. The van der Waals surface area contributed by atoms with Crippen LogP contribution in [-0.4, -0.2) is 22.1 Å². The van der Waals surface area contributed by atoms with Gasteiger partial charge in [0.15, 0.2) is 0 Å². The lowest BCUT2D eigenvalue weighted by molar-refractivity contribution is 0.127. The molecule has 0 aromatic rings. The van der Waals surface area contributed by atoms with Crippen LogP contribution in [0.5, 0.6) is 0 Å². The predicted molar refractivity (Wildman–Crippen MR) is 56.0 cm³/mol. The van der Waals surface area contributed by atoms with E-state index in [1.54, 1.807) is 6.20 Å². The molecule has 14 heavy (non-hydrogen) atoms. The Labute approximate surface area is 84.7 Å². The van der Waals surface area contributed by atoms with Crippen LogP contribution in [0.25, 0.3) is 0 Å². The maximum Gasteiger partial charge on any atom is 0.411 e. The summed E-state index contributed by atoms with van der Waals surface area (Å²) in [6, 6.07) is -0.0787. The van der Waals surface area contributed by atoms with Crippen molar-refractivity contribution >= 4 is 6.09 Å². The van der Waals surface area contributed by atoms with Gasteiger partial charge in [-0.05, 0) is 18.4 Å². The maximum absolute atomic E-state index is 11.0. The molecule has 1 aliphatic heterocycles. The summed E-state index contributed by atoms with van der Waals surface area (Å²) in [4.78, 5) is 12.3. The van der Waals surface area contributed by atoms with Crippen molar-refractivity contribution in [2.75, 3.05) is 0 Å². The van der Waals surface area contributed by atoms with Crippen LogP contribution in [0.3, 0.4) is 0 Å². The van der Waals surface area contributed by atoms with Crippen molar-refractivity contribution in [1.29, 1.82) is 0 Å². The Morgan fingerprint density at radius 2 is 2.07 bits per heavy atom. The minimum atomic E-state index is -0.898. The van der Waals surface area contributed by atoms with E-state index in [1.807, 2.05) is 39.8 Å². The molecule has 1 unspecified atom stereocenters. The monoisotopic (exact) mass is 195 g/mol. The van der Waals surface area contributed by atoms with E-state index in [0.717, 1.165) is 5.57 Å². The number of carboxylic acid groups (broad SMARTS) is 1. The lowest BCUT2D eigenvalue weighted by Crippen LogP contribution is -2.43. The zero-order valence-corrected chi connectivity index (χ0v) is 9.11. The molecule has 0 spiro atoms. The van der Waals surface area contributed by atoms with Crippen LogP contribution in [0.4, 0.5) is 4.79 Å². The SMILES string of the molecule is CC1=CC(C(C)(C)C)N(C(=O)O)C=C1.